The first-order valence-corrected chi connectivity index (χ1v) is 12.9. The van der Waals surface area contributed by atoms with E-state index in [9.17, 15) is 0 Å². The van der Waals surface area contributed by atoms with Crippen molar-refractivity contribution >= 4 is 20.2 Å². The monoisotopic (exact) mass is 436 g/mol. The van der Waals surface area contributed by atoms with Gasteiger partial charge in [-0.1, -0.05) is 12.8 Å². The molecule has 2 fully saturated rings. The first kappa shape index (κ1) is 23.9. The molecule has 0 spiro atoms. The van der Waals surface area contributed by atoms with Gasteiger partial charge in [0.05, 0.1) is 0 Å². The number of fused-ring (bicyclic) bond motifs is 1. The maximum atomic E-state index is 4.80. The van der Waals surface area contributed by atoms with Crippen LogP contribution in [0.1, 0.15) is 46.5 Å². The van der Waals surface area contributed by atoms with E-state index in [1.165, 1.54) is 25.7 Å². The number of hydrogen-bond acceptors (Lipinski definition) is 5. The van der Waals surface area contributed by atoms with E-state index < -0.39 is 0 Å². The fourth-order valence-corrected chi connectivity index (χ4v) is 3.51. The Hall–Kier alpha value is 0.899. The van der Waals surface area contributed by atoms with Gasteiger partial charge in [0.15, 0.2) is 0 Å². The summed E-state index contributed by atoms with van der Waals surface area (Å²) < 4.78 is 0. The van der Waals surface area contributed by atoms with Crippen LogP contribution >= 0.6 is 20.2 Å². The topological polar surface area (TPSA) is 60.1 Å². The van der Waals surface area contributed by atoms with Crippen LogP contribution in [0, 0.1) is 0 Å². The fourth-order valence-electron chi connectivity index (χ4n) is 3.51. The normalized spacial score (nSPS) is 36.1. The molecule has 0 aromatic carbocycles. The third-order valence-corrected chi connectivity index (χ3v) is 5.02. The van der Waals surface area contributed by atoms with Crippen molar-refractivity contribution in [3.63, 3.8) is 0 Å². The van der Waals surface area contributed by atoms with Crippen LogP contribution in [0.5, 0.6) is 0 Å². The van der Waals surface area contributed by atoms with Crippen LogP contribution in [-0.4, -0.2) is 62.9 Å². The summed E-state index contributed by atoms with van der Waals surface area (Å²) in [6, 6.07) is 2.83. The van der Waals surface area contributed by atoms with Crippen LogP contribution < -0.4 is 26.6 Å². The molecule has 8 heteroatoms. The molecule has 1 saturated carbocycles. The van der Waals surface area contributed by atoms with Gasteiger partial charge in [-0.2, -0.15) is 0 Å². The summed E-state index contributed by atoms with van der Waals surface area (Å²) >= 11 is 0.00694. The van der Waals surface area contributed by atoms with Gasteiger partial charge >= 0.3 is 33.3 Å². The Morgan fingerprint density at radius 2 is 1.00 bits per heavy atom. The Labute approximate surface area is 169 Å². The van der Waals surface area contributed by atoms with Crippen LogP contribution in [0.4, 0.5) is 0 Å². The van der Waals surface area contributed by atoms with E-state index >= 15 is 0 Å². The molecule has 0 amide bonds. The molecule has 2 aliphatic rings. The molecule has 1 saturated heterocycles. The second-order valence-electron chi connectivity index (χ2n) is 7.39. The predicted octanol–water partition coefficient (Wildman–Crippen LogP) is 1.80. The van der Waals surface area contributed by atoms with Crippen molar-refractivity contribution in [2.75, 3.05) is 32.7 Å². The summed E-state index contributed by atoms with van der Waals surface area (Å²) in [6.45, 7) is 12.0. The fraction of sp³-hybridized carbons (Fsp3) is 1.00. The molecule has 5 N–H and O–H groups in total. The Kier molecular flexibility index (Phi) is 14.3. The van der Waals surface area contributed by atoms with Crippen molar-refractivity contribution in [2.24, 2.45) is 0 Å². The van der Waals surface area contributed by atoms with Gasteiger partial charge in [-0.15, -0.1) is 0 Å². The summed E-state index contributed by atoms with van der Waals surface area (Å²) in [5, 5.41) is 18.4. The second-order valence-corrected chi connectivity index (χ2v) is 9.34. The zero-order chi connectivity index (χ0) is 18.5. The van der Waals surface area contributed by atoms with E-state index in [1.807, 2.05) is 0 Å². The van der Waals surface area contributed by atoms with E-state index in [-0.39, 0.29) is 13.1 Å². The second kappa shape index (κ2) is 14.9. The van der Waals surface area contributed by atoms with Crippen LogP contribution in [0.15, 0.2) is 0 Å². The summed E-state index contributed by atoms with van der Waals surface area (Å²) in [5.41, 5.74) is 0. The molecule has 25 heavy (non-hydrogen) atoms. The minimum absolute atomic E-state index is 0.00694. The molecule has 1 aliphatic carbocycles. The summed E-state index contributed by atoms with van der Waals surface area (Å²) in [5.74, 6) is 0. The minimum atomic E-state index is 0.00694. The van der Waals surface area contributed by atoms with E-state index in [2.05, 4.69) is 47.4 Å². The van der Waals surface area contributed by atoms with Gasteiger partial charge in [-0.25, -0.2) is 0 Å². The van der Waals surface area contributed by atoms with Crippen LogP contribution in [0.3, 0.4) is 0 Å². The van der Waals surface area contributed by atoms with E-state index in [0.29, 0.717) is 30.2 Å². The average Bonchev–Trinajstić information content (AvgIpc) is 2.61. The van der Waals surface area contributed by atoms with Crippen LogP contribution in [0.2, 0.25) is 0 Å². The third-order valence-electron chi connectivity index (χ3n) is 5.02. The van der Waals surface area contributed by atoms with Crippen molar-refractivity contribution < 1.29 is 13.1 Å². The molecule has 2 rings (SSSR count). The van der Waals surface area contributed by atoms with Gasteiger partial charge in [0, 0.05) is 62.9 Å². The Balaban J connectivity index is 0.000000970. The average molecular weight is 437 g/mol. The first-order chi connectivity index (χ1) is 12.1. The molecule has 1 aliphatic heterocycles. The van der Waals surface area contributed by atoms with E-state index in [4.69, 9.17) is 20.2 Å². The molecule has 5 atom stereocenters. The van der Waals surface area contributed by atoms with Gasteiger partial charge in [0.2, 0.25) is 0 Å². The SMILES string of the molecule is C[C@@H]1CN[C@@H](C)CNC2CCCCC2NC[C@H](C)NCCN1.[Cl][Mn][Cl]. The summed E-state index contributed by atoms with van der Waals surface area (Å²) in [6.07, 6.45) is 5.36. The van der Waals surface area contributed by atoms with Gasteiger partial charge in [-0.3, -0.25) is 0 Å². The molecular weight excluding hydrogens is 400 g/mol. The maximum absolute atomic E-state index is 4.80. The van der Waals surface area contributed by atoms with E-state index in [0.717, 1.165) is 32.7 Å². The molecule has 2 unspecified atom stereocenters. The number of nitrogens with one attached hydrogen (secondary N) is 5. The molecule has 0 bridgehead atoms. The number of halogens is 2. The summed E-state index contributed by atoms with van der Waals surface area (Å²) in [4.78, 5) is 0. The number of hydrogen-bond donors (Lipinski definition) is 5. The van der Waals surface area contributed by atoms with E-state index in [1.54, 1.807) is 0 Å². The third kappa shape index (κ3) is 11.4. The summed E-state index contributed by atoms with van der Waals surface area (Å²) in [7, 11) is 9.59. The van der Waals surface area contributed by atoms with Crippen LogP contribution in [-0.2, 0) is 13.1 Å². The Bertz CT molecular complexity index is 327. The van der Waals surface area contributed by atoms with Gasteiger partial charge < -0.3 is 26.6 Å². The van der Waals surface area contributed by atoms with Crippen molar-refractivity contribution in [3.05, 3.63) is 0 Å². The Morgan fingerprint density at radius 1 is 0.640 bits per heavy atom. The molecule has 0 aromatic rings. The van der Waals surface area contributed by atoms with Crippen molar-refractivity contribution in [1.82, 2.24) is 26.6 Å². The van der Waals surface area contributed by atoms with Crippen molar-refractivity contribution in [2.45, 2.75) is 76.7 Å². The van der Waals surface area contributed by atoms with Crippen molar-refractivity contribution in [3.8, 4) is 0 Å². The van der Waals surface area contributed by atoms with Gasteiger partial charge in [0.1, 0.15) is 0 Å². The Morgan fingerprint density at radius 3 is 1.44 bits per heavy atom. The molecule has 1 heterocycles. The van der Waals surface area contributed by atoms with Crippen molar-refractivity contribution in [1.29, 1.82) is 0 Å². The predicted molar refractivity (Wildman–Crippen MR) is 106 cm³/mol. The molecule has 151 valence electrons. The van der Waals surface area contributed by atoms with Gasteiger partial charge in [-0.05, 0) is 33.6 Å². The molecule has 0 aromatic heterocycles. The van der Waals surface area contributed by atoms with Gasteiger partial charge in [0.25, 0.3) is 0 Å². The zero-order valence-corrected chi connectivity index (χ0v) is 18.6. The first-order valence-electron chi connectivity index (χ1n) is 9.60. The molecule has 5 nitrogen and oxygen atoms in total. The standard InChI is InChI=1S/C17H37N5.2ClH.Mn/c1-13-10-20-15(3)12-22-17-7-5-4-6-16(17)21-11-14(2)19-9-8-18-13;;;/h13-22H,4-12H2,1-3H3;2*1H;/q;;;+2/p-2/t13-,14+,15+,16?,17?;;;/m1.../s1. The molecular formula is C17H37Cl2MnN5. The number of rotatable bonds is 0. The molecule has 0 radical (unpaired) electrons. The zero-order valence-electron chi connectivity index (χ0n) is 15.9. The quantitative estimate of drug-likeness (QED) is 0.375. The van der Waals surface area contributed by atoms with Crippen LogP contribution in [0.25, 0.3) is 0 Å².